The Balaban J connectivity index is 1.87. The van der Waals surface area contributed by atoms with Crippen LogP contribution in [0.1, 0.15) is 35.7 Å². The number of nitrogen functional groups attached to an aromatic ring is 1. The molecular weight excluding hydrogens is 278 g/mol. The normalized spacial score (nSPS) is 14.5. The molecule has 7 nitrogen and oxygen atoms in total. The molecule has 3 N–H and O–H groups in total. The van der Waals surface area contributed by atoms with Gasteiger partial charge in [0.2, 0.25) is 11.8 Å². The summed E-state index contributed by atoms with van der Waals surface area (Å²) in [5.41, 5.74) is 9.04. The smallest absolute Gasteiger partial charge is 0.239 e. The van der Waals surface area contributed by atoms with Gasteiger partial charge >= 0.3 is 0 Å². The Kier molecular flexibility index (Phi) is 2.75. The summed E-state index contributed by atoms with van der Waals surface area (Å²) >= 11 is 0. The average molecular weight is 295 g/mol. The summed E-state index contributed by atoms with van der Waals surface area (Å²) < 4.78 is 1.82. The number of nitrogens with two attached hydrogens (primary N) is 1. The fourth-order valence-corrected chi connectivity index (χ4v) is 2.41. The molecule has 0 aliphatic heterocycles. The van der Waals surface area contributed by atoms with Crippen LogP contribution >= 0.6 is 0 Å². The second-order valence-corrected chi connectivity index (χ2v) is 5.79. The quantitative estimate of drug-likeness (QED) is 0.771. The Morgan fingerprint density at radius 3 is 2.64 bits per heavy atom. The first-order valence-corrected chi connectivity index (χ1v) is 7.34. The SMILES string of the molecule is Cc1ccc(-n2nc(C3CC3)nc2-c2nc(N)n[nH]2)cc1C. The molecular formula is C15H17N7. The van der Waals surface area contributed by atoms with E-state index in [4.69, 9.17) is 5.73 Å². The molecule has 1 aromatic carbocycles. The van der Waals surface area contributed by atoms with Crippen molar-refractivity contribution in [1.82, 2.24) is 29.9 Å². The van der Waals surface area contributed by atoms with Crippen molar-refractivity contribution in [2.24, 2.45) is 0 Å². The van der Waals surface area contributed by atoms with E-state index in [1.165, 1.54) is 11.1 Å². The second-order valence-electron chi connectivity index (χ2n) is 5.79. The van der Waals surface area contributed by atoms with Crippen LogP contribution in [0, 0.1) is 13.8 Å². The highest BCUT2D eigenvalue weighted by Crippen LogP contribution is 2.39. The summed E-state index contributed by atoms with van der Waals surface area (Å²) in [6.45, 7) is 4.18. The standard InChI is InChI=1S/C15H17N7/c1-8-3-6-11(7-9(8)2)22-14(13-18-15(16)20-19-13)17-12(21-22)10-4-5-10/h3,6-7,10H,4-5H2,1-2H3,(H3,16,18,19,20). The lowest BCUT2D eigenvalue weighted by molar-refractivity contribution is 0.834. The Hall–Kier alpha value is -2.70. The van der Waals surface area contributed by atoms with Gasteiger partial charge in [0.15, 0.2) is 11.6 Å². The monoisotopic (exact) mass is 295 g/mol. The third kappa shape index (κ3) is 2.14. The molecule has 0 unspecified atom stereocenters. The lowest BCUT2D eigenvalue weighted by atomic mass is 10.1. The van der Waals surface area contributed by atoms with Gasteiger partial charge in [-0.25, -0.2) is 9.67 Å². The molecule has 0 radical (unpaired) electrons. The first-order valence-electron chi connectivity index (χ1n) is 7.34. The number of anilines is 1. The van der Waals surface area contributed by atoms with Crippen LogP contribution in [-0.2, 0) is 0 Å². The van der Waals surface area contributed by atoms with Crippen molar-refractivity contribution in [3.05, 3.63) is 35.2 Å². The maximum Gasteiger partial charge on any atom is 0.239 e. The molecule has 0 amide bonds. The van der Waals surface area contributed by atoms with Gasteiger partial charge in [-0.1, -0.05) is 6.07 Å². The molecule has 1 aliphatic carbocycles. The fraction of sp³-hybridized carbons (Fsp3) is 0.333. The van der Waals surface area contributed by atoms with Crippen molar-refractivity contribution in [1.29, 1.82) is 0 Å². The van der Waals surface area contributed by atoms with Gasteiger partial charge in [-0.05, 0) is 49.9 Å². The number of aryl methyl sites for hydroxylation is 2. The Bertz CT molecular complexity index is 841. The number of nitrogens with zero attached hydrogens (tertiary/aromatic N) is 5. The lowest BCUT2D eigenvalue weighted by Gasteiger charge is -2.06. The molecule has 112 valence electrons. The van der Waals surface area contributed by atoms with E-state index in [1.807, 2.05) is 10.7 Å². The zero-order valence-corrected chi connectivity index (χ0v) is 12.5. The minimum atomic E-state index is 0.206. The first-order chi connectivity index (χ1) is 10.6. The Labute approximate surface area is 127 Å². The third-order valence-corrected chi connectivity index (χ3v) is 4.02. The van der Waals surface area contributed by atoms with Crippen LogP contribution in [0.25, 0.3) is 17.3 Å². The summed E-state index contributed by atoms with van der Waals surface area (Å²) in [7, 11) is 0. The number of rotatable bonds is 3. The van der Waals surface area contributed by atoms with Gasteiger partial charge in [0.25, 0.3) is 0 Å². The Morgan fingerprint density at radius 2 is 2.00 bits per heavy atom. The molecule has 22 heavy (non-hydrogen) atoms. The zero-order chi connectivity index (χ0) is 15.3. The molecule has 4 rings (SSSR count). The summed E-state index contributed by atoms with van der Waals surface area (Å²) in [6, 6.07) is 6.22. The van der Waals surface area contributed by atoms with Crippen LogP contribution in [0.5, 0.6) is 0 Å². The summed E-state index contributed by atoms with van der Waals surface area (Å²) in [4.78, 5) is 8.83. The number of benzene rings is 1. The van der Waals surface area contributed by atoms with E-state index >= 15 is 0 Å². The predicted octanol–water partition coefficient (Wildman–Crippen LogP) is 2.13. The van der Waals surface area contributed by atoms with Crippen molar-refractivity contribution < 1.29 is 0 Å². The maximum absolute atomic E-state index is 5.62. The molecule has 3 aromatic rings. The van der Waals surface area contributed by atoms with E-state index < -0.39 is 0 Å². The molecule has 2 heterocycles. The fourth-order valence-electron chi connectivity index (χ4n) is 2.41. The minimum absolute atomic E-state index is 0.206. The number of hydrogen-bond acceptors (Lipinski definition) is 5. The van der Waals surface area contributed by atoms with E-state index in [-0.39, 0.29) is 5.95 Å². The van der Waals surface area contributed by atoms with Crippen LogP contribution < -0.4 is 5.73 Å². The number of nitrogens with one attached hydrogen (secondary N) is 1. The molecule has 7 heteroatoms. The lowest BCUT2D eigenvalue weighted by Crippen LogP contribution is -2.02. The first kappa shape index (κ1) is 13.0. The highest BCUT2D eigenvalue weighted by Gasteiger charge is 2.30. The van der Waals surface area contributed by atoms with Gasteiger partial charge in [0, 0.05) is 5.92 Å². The van der Waals surface area contributed by atoms with E-state index in [0.717, 1.165) is 24.4 Å². The third-order valence-electron chi connectivity index (χ3n) is 4.02. The van der Waals surface area contributed by atoms with Gasteiger partial charge in [-0.2, -0.15) is 10.1 Å². The van der Waals surface area contributed by atoms with E-state index in [9.17, 15) is 0 Å². The van der Waals surface area contributed by atoms with E-state index in [0.29, 0.717) is 17.6 Å². The molecule has 0 atom stereocenters. The van der Waals surface area contributed by atoms with Crippen molar-refractivity contribution >= 4 is 5.95 Å². The van der Waals surface area contributed by atoms with Crippen molar-refractivity contribution in [3.8, 4) is 17.3 Å². The van der Waals surface area contributed by atoms with Gasteiger partial charge in [0.1, 0.15) is 0 Å². The molecule has 1 saturated carbocycles. The van der Waals surface area contributed by atoms with Gasteiger partial charge in [0.05, 0.1) is 5.69 Å². The molecule has 1 aliphatic rings. The van der Waals surface area contributed by atoms with Crippen LogP contribution in [0.3, 0.4) is 0 Å². The summed E-state index contributed by atoms with van der Waals surface area (Å²) in [5, 5.41) is 11.4. The number of aromatic amines is 1. The van der Waals surface area contributed by atoms with Crippen LogP contribution in [-0.4, -0.2) is 29.9 Å². The van der Waals surface area contributed by atoms with E-state index in [1.54, 1.807) is 0 Å². The van der Waals surface area contributed by atoms with Gasteiger partial charge in [-0.15, -0.1) is 5.10 Å². The topological polar surface area (TPSA) is 98.3 Å². The number of aromatic nitrogens is 6. The van der Waals surface area contributed by atoms with E-state index in [2.05, 4.69) is 51.2 Å². The minimum Gasteiger partial charge on any atom is -0.366 e. The number of hydrogen-bond donors (Lipinski definition) is 2. The van der Waals surface area contributed by atoms with Gasteiger partial charge < -0.3 is 5.73 Å². The number of H-pyrrole nitrogens is 1. The summed E-state index contributed by atoms with van der Waals surface area (Å²) in [5.74, 6) is 2.72. The predicted molar refractivity (Wildman–Crippen MR) is 82.6 cm³/mol. The molecule has 0 saturated heterocycles. The highest BCUT2D eigenvalue weighted by atomic mass is 15.4. The molecule has 0 spiro atoms. The van der Waals surface area contributed by atoms with Gasteiger partial charge in [-0.3, -0.25) is 5.10 Å². The largest absolute Gasteiger partial charge is 0.366 e. The second kappa shape index (κ2) is 4.66. The van der Waals surface area contributed by atoms with Crippen LogP contribution in [0.2, 0.25) is 0 Å². The van der Waals surface area contributed by atoms with Crippen molar-refractivity contribution in [3.63, 3.8) is 0 Å². The van der Waals surface area contributed by atoms with Crippen LogP contribution in [0.4, 0.5) is 5.95 Å². The highest BCUT2D eigenvalue weighted by molar-refractivity contribution is 5.51. The molecule has 1 fully saturated rings. The summed E-state index contributed by atoms with van der Waals surface area (Å²) in [6.07, 6.45) is 2.30. The molecule has 2 aromatic heterocycles. The van der Waals surface area contributed by atoms with Crippen LogP contribution in [0.15, 0.2) is 18.2 Å². The molecule has 0 bridgehead atoms. The Morgan fingerprint density at radius 1 is 1.18 bits per heavy atom. The maximum atomic E-state index is 5.62. The average Bonchev–Trinajstić information content (AvgIpc) is 3.11. The van der Waals surface area contributed by atoms with Crippen molar-refractivity contribution in [2.75, 3.05) is 5.73 Å². The zero-order valence-electron chi connectivity index (χ0n) is 12.5. The van der Waals surface area contributed by atoms with Crippen molar-refractivity contribution in [2.45, 2.75) is 32.6 Å².